The van der Waals surface area contributed by atoms with Crippen LogP contribution in [0.2, 0.25) is 0 Å². The maximum atomic E-state index is 3.59. The van der Waals surface area contributed by atoms with E-state index in [9.17, 15) is 0 Å². The van der Waals surface area contributed by atoms with Gasteiger partial charge < -0.3 is 0 Å². The highest BCUT2D eigenvalue weighted by molar-refractivity contribution is 14.1. The molecule has 0 nitrogen and oxygen atoms in total. The van der Waals surface area contributed by atoms with E-state index in [2.05, 4.69) is 87.1 Å². The van der Waals surface area contributed by atoms with E-state index >= 15 is 0 Å². The quantitative estimate of drug-likeness (QED) is 0.369. The van der Waals surface area contributed by atoms with Gasteiger partial charge in [-0.25, -0.2) is 0 Å². The predicted octanol–water partition coefficient (Wildman–Crippen LogP) is 5.38. The number of hydrogen-bond acceptors (Lipinski definition) is 0. The Kier molecular flexibility index (Phi) is 4.80. The molecular weight excluding hydrogens is 387 g/mol. The number of rotatable bonds is 3. The maximum absolute atomic E-state index is 3.59. The van der Waals surface area contributed by atoms with E-state index < -0.39 is 0 Å². The van der Waals surface area contributed by atoms with Crippen molar-refractivity contribution >= 4 is 47.7 Å². The van der Waals surface area contributed by atoms with Crippen LogP contribution in [0.4, 0.5) is 0 Å². The summed E-state index contributed by atoms with van der Waals surface area (Å²) in [6, 6.07) is 21.0. The number of hydrogen-bond donors (Lipinski definition) is 0. The minimum atomic E-state index is 0.865. The van der Waals surface area contributed by atoms with Gasteiger partial charge in [0.15, 0.2) is 0 Å². The molecule has 0 amide bonds. The van der Waals surface area contributed by atoms with Gasteiger partial charge in [0.25, 0.3) is 0 Å². The first kappa shape index (κ1) is 12.8. The number of alkyl halides is 1. The van der Waals surface area contributed by atoms with Crippen LogP contribution in [0.25, 0.3) is 9.15 Å². The molecule has 0 heterocycles. The van der Waals surface area contributed by atoms with E-state index in [0.29, 0.717) is 0 Å². The van der Waals surface area contributed by atoms with Crippen molar-refractivity contribution in [2.24, 2.45) is 0 Å². The molecule has 0 aliphatic heterocycles. The molecule has 2 aromatic carbocycles. The summed E-state index contributed by atoms with van der Waals surface area (Å²) in [5.74, 6) is 0. The second kappa shape index (κ2) is 6.36. The molecule has 0 saturated heterocycles. The van der Waals surface area contributed by atoms with Crippen LogP contribution >= 0.6 is 38.5 Å². The summed E-state index contributed by atoms with van der Waals surface area (Å²) in [5, 5.41) is 0.865. The van der Waals surface area contributed by atoms with Gasteiger partial charge in [-0.15, -0.1) is 0 Å². The molecule has 0 aliphatic rings. The van der Waals surface area contributed by atoms with E-state index in [1.165, 1.54) is 20.3 Å². The van der Waals surface area contributed by atoms with E-state index in [4.69, 9.17) is 0 Å². The maximum Gasteiger partial charge on any atom is 0.0299 e. The minimum absolute atomic E-state index is 0.865. The second-order valence-electron chi connectivity index (χ2n) is 3.66. The average molecular weight is 399 g/mol. The standard InChI is InChI=1S/C15H12BrI/c16-11-14(12-7-3-1-4-8-12)15(17)13-9-5-2-6-10-13/h1-10H,11H2/b15-14+. The lowest BCUT2D eigenvalue weighted by molar-refractivity contribution is 1.58. The molecule has 17 heavy (non-hydrogen) atoms. The molecule has 0 bridgehead atoms. The lowest BCUT2D eigenvalue weighted by Crippen LogP contribution is -1.88. The van der Waals surface area contributed by atoms with E-state index in [-0.39, 0.29) is 0 Å². The van der Waals surface area contributed by atoms with Crippen LogP contribution in [-0.4, -0.2) is 5.33 Å². The van der Waals surface area contributed by atoms with Gasteiger partial charge in [-0.1, -0.05) is 76.6 Å². The molecule has 86 valence electrons. The van der Waals surface area contributed by atoms with Gasteiger partial charge in [-0.3, -0.25) is 0 Å². The molecule has 0 atom stereocenters. The highest BCUT2D eigenvalue weighted by Crippen LogP contribution is 2.32. The lowest BCUT2D eigenvalue weighted by Gasteiger charge is -2.09. The molecule has 0 radical (unpaired) electrons. The molecule has 2 aromatic rings. The third kappa shape index (κ3) is 3.19. The van der Waals surface area contributed by atoms with Crippen molar-refractivity contribution in [2.75, 3.05) is 5.33 Å². The summed E-state index contributed by atoms with van der Waals surface area (Å²) >= 11 is 6.01. The van der Waals surface area contributed by atoms with Crippen LogP contribution < -0.4 is 0 Å². The Hall–Kier alpha value is -0.610. The fraction of sp³-hybridized carbons (Fsp3) is 0.0667. The number of benzene rings is 2. The zero-order valence-corrected chi connectivity index (χ0v) is 13.0. The molecule has 0 unspecified atom stereocenters. The zero-order chi connectivity index (χ0) is 12.1. The van der Waals surface area contributed by atoms with Gasteiger partial charge in [-0.2, -0.15) is 0 Å². The Bertz CT molecular complexity index is 503. The Morgan fingerprint density at radius 2 is 1.29 bits per heavy atom. The van der Waals surface area contributed by atoms with Gasteiger partial charge in [0.1, 0.15) is 0 Å². The van der Waals surface area contributed by atoms with Crippen molar-refractivity contribution in [1.82, 2.24) is 0 Å². The summed E-state index contributed by atoms with van der Waals surface area (Å²) in [4.78, 5) is 0. The molecule has 0 aliphatic carbocycles. The fourth-order valence-corrected chi connectivity index (χ4v) is 3.65. The van der Waals surface area contributed by atoms with Crippen LogP contribution in [-0.2, 0) is 0 Å². The number of halogens is 2. The lowest BCUT2D eigenvalue weighted by atomic mass is 10.0. The van der Waals surface area contributed by atoms with E-state index in [1.54, 1.807) is 0 Å². The Morgan fingerprint density at radius 1 is 0.824 bits per heavy atom. The molecule has 2 heteroatoms. The van der Waals surface area contributed by atoms with Gasteiger partial charge in [0, 0.05) is 8.91 Å². The topological polar surface area (TPSA) is 0 Å². The third-order valence-corrected chi connectivity index (χ3v) is 4.38. The smallest absolute Gasteiger partial charge is 0.0299 e. The molecule has 0 aromatic heterocycles. The van der Waals surface area contributed by atoms with Crippen molar-refractivity contribution in [3.8, 4) is 0 Å². The summed E-state index contributed by atoms with van der Waals surface area (Å²) in [6.45, 7) is 0. The summed E-state index contributed by atoms with van der Waals surface area (Å²) in [7, 11) is 0. The highest BCUT2D eigenvalue weighted by Gasteiger charge is 2.07. The Labute approximate surface area is 124 Å². The third-order valence-electron chi connectivity index (χ3n) is 2.55. The normalized spacial score (nSPS) is 12.1. The van der Waals surface area contributed by atoms with Gasteiger partial charge >= 0.3 is 0 Å². The highest BCUT2D eigenvalue weighted by atomic mass is 127. The summed E-state index contributed by atoms with van der Waals surface area (Å²) < 4.78 is 1.30. The summed E-state index contributed by atoms with van der Waals surface area (Å²) in [6.07, 6.45) is 0. The summed E-state index contributed by atoms with van der Waals surface area (Å²) in [5.41, 5.74) is 3.88. The first-order chi connectivity index (χ1) is 8.33. The second-order valence-corrected chi connectivity index (χ2v) is 5.30. The van der Waals surface area contributed by atoms with Crippen LogP contribution in [0.5, 0.6) is 0 Å². The minimum Gasteiger partial charge on any atom is -0.0876 e. The van der Waals surface area contributed by atoms with Gasteiger partial charge in [-0.05, 0) is 39.3 Å². The molecule has 0 saturated carbocycles. The van der Waals surface area contributed by atoms with Crippen LogP contribution in [0.1, 0.15) is 11.1 Å². The van der Waals surface area contributed by atoms with Crippen molar-refractivity contribution in [2.45, 2.75) is 0 Å². The van der Waals surface area contributed by atoms with Crippen molar-refractivity contribution in [3.63, 3.8) is 0 Å². The number of allylic oxidation sites excluding steroid dienone is 1. The predicted molar refractivity (Wildman–Crippen MR) is 87.5 cm³/mol. The molecule has 0 spiro atoms. The van der Waals surface area contributed by atoms with Crippen molar-refractivity contribution in [1.29, 1.82) is 0 Å². The zero-order valence-electron chi connectivity index (χ0n) is 9.24. The van der Waals surface area contributed by atoms with Crippen LogP contribution in [0.15, 0.2) is 60.7 Å². The van der Waals surface area contributed by atoms with Gasteiger partial charge in [0.05, 0.1) is 0 Å². The largest absolute Gasteiger partial charge is 0.0876 e. The van der Waals surface area contributed by atoms with E-state index in [1.807, 2.05) is 12.1 Å². The Morgan fingerprint density at radius 3 is 1.76 bits per heavy atom. The Balaban J connectivity index is 2.48. The van der Waals surface area contributed by atoms with Crippen LogP contribution in [0.3, 0.4) is 0 Å². The van der Waals surface area contributed by atoms with Crippen LogP contribution in [0, 0.1) is 0 Å². The van der Waals surface area contributed by atoms with Crippen molar-refractivity contribution < 1.29 is 0 Å². The first-order valence-corrected chi connectivity index (χ1v) is 7.58. The SMILES string of the molecule is BrC/C(=C(\I)c1ccccc1)c1ccccc1. The first-order valence-electron chi connectivity index (χ1n) is 5.38. The monoisotopic (exact) mass is 398 g/mol. The van der Waals surface area contributed by atoms with E-state index in [0.717, 1.165) is 5.33 Å². The fourth-order valence-electron chi connectivity index (χ4n) is 1.66. The molecule has 0 N–H and O–H groups in total. The molecular formula is C15H12BrI. The molecule has 2 rings (SSSR count). The average Bonchev–Trinajstić information content (AvgIpc) is 2.42. The van der Waals surface area contributed by atoms with Crippen molar-refractivity contribution in [3.05, 3.63) is 71.8 Å². The van der Waals surface area contributed by atoms with Gasteiger partial charge in [0.2, 0.25) is 0 Å². The molecule has 0 fully saturated rings.